The number of carbonyl (C=O) groups is 2. The minimum atomic E-state index is -1.25. The molecule has 0 radical (unpaired) electrons. The van der Waals surface area contributed by atoms with Crippen LogP contribution in [-0.2, 0) is 23.8 Å². The predicted molar refractivity (Wildman–Crippen MR) is 194 cm³/mol. The number of rotatable bonds is 12. The van der Waals surface area contributed by atoms with Gasteiger partial charge in [0.1, 0.15) is 6.73 Å². The van der Waals surface area contributed by atoms with Gasteiger partial charge in [-0.25, -0.2) is 9.59 Å². The summed E-state index contributed by atoms with van der Waals surface area (Å²) in [6.45, 7) is 9.99. The lowest BCUT2D eigenvalue weighted by molar-refractivity contribution is -0.384. The minimum absolute atomic E-state index is 0.0000413. The summed E-state index contributed by atoms with van der Waals surface area (Å²) in [6, 6.07) is 15.8. The van der Waals surface area contributed by atoms with Crippen molar-refractivity contribution in [2.75, 3.05) is 47.3 Å². The molecule has 4 aliphatic rings. The second-order valence-electron chi connectivity index (χ2n) is 13.1. The maximum atomic E-state index is 12.7. The second-order valence-corrected chi connectivity index (χ2v) is 13.1. The lowest BCUT2D eigenvalue weighted by Gasteiger charge is -2.50. The molecule has 3 fully saturated rings. The Morgan fingerprint density at radius 3 is 2.50 bits per heavy atom. The molecular formula is C39H46N4O9. The molecule has 1 aromatic heterocycles. The van der Waals surface area contributed by atoms with Crippen LogP contribution in [0.2, 0.25) is 0 Å². The molecule has 2 aromatic carbocycles. The second kappa shape index (κ2) is 17.0. The van der Waals surface area contributed by atoms with Crippen molar-refractivity contribution in [1.29, 1.82) is 0 Å². The number of fused-ring (bicyclic) bond motifs is 4. The molecule has 5 heterocycles. The van der Waals surface area contributed by atoms with Gasteiger partial charge in [0.2, 0.25) is 0 Å². The Kier molecular flexibility index (Phi) is 12.5. The van der Waals surface area contributed by atoms with Gasteiger partial charge >= 0.3 is 11.9 Å². The number of allylic oxidation sites excluding steroid dienone is 2. The molecule has 6 atom stereocenters. The van der Waals surface area contributed by atoms with Gasteiger partial charge in [0.25, 0.3) is 5.69 Å². The number of piperidine rings is 3. The van der Waals surface area contributed by atoms with Crippen LogP contribution in [0, 0.1) is 22.0 Å². The zero-order valence-corrected chi connectivity index (χ0v) is 29.9. The Morgan fingerprint density at radius 2 is 1.85 bits per heavy atom. The van der Waals surface area contributed by atoms with E-state index in [4.69, 9.17) is 14.2 Å². The van der Waals surface area contributed by atoms with Gasteiger partial charge in [0.15, 0.2) is 0 Å². The van der Waals surface area contributed by atoms with Gasteiger partial charge in [-0.2, -0.15) is 0 Å². The standard InChI is InChI=1S/C20H24N2O8.C19H22N2O/c1-12-16(19(23)24)18(14-6-5-7-15(10-14)22(26)27)17(20(25)29-4)13(2)21(12)11-30-9-8-28-3;1-2-13-12-21-10-8-14(13)11-18(21)19(22)16-7-9-20-17-6-4-3-5-15(16)17/h5-7,10,18H,8-9,11H2,1-4H3,(H,23,24);2-7,9,13-14,18-19,22H,1,8,10-12H2/t18-;13-,14-,18-,19+/m10/s1. The van der Waals surface area contributed by atoms with Crippen LogP contribution in [0.15, 0.2) is 96.0 Å². The molecule has 2 N–H and O–H groups in total. The summed E-state index contributed by atoms with van der Waals surface area (Å²) in [5.74, 6) is -1.75. The number of carbonyl (C=O) groups excluding carboxylic acids is 1. The van der Waals surface area contributed by atoms with Crippen molar-refractivity contribution >= 4 is 28.5 Å². The highest BCUT2D eigenvalue weighted by atomic mass is 16.6. The number of para-hydroxylation sites is 1. The molecule has 0 amide bonds. The van der Waals surface area contributed by atoms with Gasteiger partial charge in [-0.15, -0.1) is 6.58 Å². The molecule has 4 aliphatic heterocycles. The number of esters is 1. The minimum Gasteiger partial charge on any atom is -0.478 e. The molecular weight excluding hydrogens is 668 g/mol. The van der Waals surface area contributed by atoms with Gasteiger partial charge < -0.3 is 29.3 Å². The van der Waals surface area contributed by atoms with Crippen LogP contribution >= 0.6 is 0 Å². The fourth-order valence-corrected chi connectivity index (χ4v) is 7.69. The first-order valence-corrected chi connectivity index (χ1v) is 17.2. The number of non-ortho nitro benzene ring substituents is 1. The smallest absolute Gasteiger partial charge is 0.336 e. The number of hydrogen-bond donors (Lipinski definition) is 2. The van der Waals surface area contributed by atoms with Crippen LogP contribution in [0.25, 0.3) is 10.9 Å². The highest BCUT2D eigenvalue weighted by molar-refractivity contribution is 5.99. The zero-order valence-electron chi connectivity index (χ0n) is 29.9. The highest BCUT2D eigenvalue weighted by Gasteiger charge is 2.43. The number of methoxy groups -OCH3 is 2. The third-order valence-electron chi connectivity index (χ3n) is 10.4. The predicted octanol–water partition coefficient (Wildman–Crippen LogP) is 5.58. The largest absolute Gasteiger partial charge is 0.478 e. The van der Waals surface area contributed by atoms with Gasteiger partial charge in [0, 0.05) is 54.8 Å². The van der Waals surface area contributed by atoms with E-state index in [2.05, 4.69) is 28.6 Å². The Balaban J connectivity index is 0.000000209. The quantitative estimate of drug-likeness (QED) is 0.0788. The average molecular weight is 715 g/mol. The molecule has 3 saturated heterocycles. The van der Waals surface area contributed by atoms with E-state index < -0.39 is 28.9 Å². The number of pyridine rings is 1. The van der Waals surface area contributed by atoms with E-state index in [1.54, 1.807) is 24.8 Å². The molecule has 3 aromatic rings. The third-order valence-corrected chi connectivity index (χ3v) is 10.4. The van der Waals surface area contributed by atoms with Crippen LogP contribution in [-0.4, -0.2) is 95.2 Å². The maximum absolute atomic E-state index is 12.7. The molecule has 276 valence electrons. The number of aromatic nitrogens is 1. The highest BCUT2D eigenvalue weighted by Crippen LogP contribution is 2.44. The van der Waals surface area contributed by atoms with Gasteiger partial charge in [-0.1, -0.05) is 36.4 Å². The van der Waals surface area contributed by atoms with Crippen LogP contribution in [0.5, 0.6) is 0 Å². The number of hydrogen-bond acceptors (Lipinski definition) is 11. The number of carboxylic acid groups (broad SMARTS) is 1. The van der Waals surface area contributed by atoms with Crippen LogP contribution in [0.1, 0.15) is 49.8 Å². The maximum Gasteiger partial charge on any atom is 0.336 e. The SMILES string of the molecule is C=C[C@H]1C[N@]2CC[C@H]1C[C@H]2[C@H](O)c1ccnc2ccccc12.COCCOCN1C(C)=C(C(=O)O)[C@@H](c2cccc([N+](=O)[O-])c2)C(C(=O)OC)=C1C. The molecule has 7 rings (SSSR count). The van der Waals surface area contributed by atoms with Crippen LogP contribution in [0.3, 0.4) is 0 Å². The topological polar surface area (TPSA) is 165 Å². The van der Waals surface area contributed by atoms with E-state index in [0.29, 0.717) is 35.4 Å². The first kappa shape index (κ1) is 38.3. The summed E-state index contributed by atoms with van der Waals surface area (Å²) in [5.41, 5.74) is 2.87. The molecule has 13 heteroatoms. The lowest BCUT2D eigenvalue weighted by Crippen LogP contribution is -2.54. The van der Waals surface area contributed by atoms with Gasteiger partial charge in [-0.05, 0) is 68.3 Å². The lowest BCUT2D eigenvalue weighted by atomic mass is 9.73. The van der Waals surface area contributed by atoms with E-state index >= 15 is 0 Å². The number of aliphatic hydroxyl groups excluding tert-OH is 1. The molecule has 0 saturated carbocycles. The molecule has 13 nitrogen and oxygen atoms in total. The van der Waals surface area contributed by atoms with Crippen molar-refractivity contribution in [3.63, 3.8) is 0 Å². The number of nitro groups is 1. The van der Waals surface area contributed by atoms with E-state index in [0.717, 1.165) is 36.0 Å². The number of ether oxygens (including phenoxy) is 3. The summed E-state index contributed by atoms with van der Waals surface area (Å²) in [7, 11) is 2.72. The van der Waals surface area contributed by atoms with Gasteiger partial charge in [-0.3, -0.25) is 20.0 Å². The number of aliphatic carboxylic acids is 1. The summed E-state index contributed by atoms with van der Waals surface area (Å²) >= 11 is 0. The Labute approximate surface area is 302 Å². The van der Waals surface area contributed by atoms with Crippen molar-refractivity contribution in [2.45, 2.75) is 44.8 Å². The number of nitro benzene ring substituents is 1. The van der Waals surface area contributed by atoms with E-state index in [1.165, 1.54) is 38.8 Å². The van der Waals surface area contributed by atoms with E-state index in [-0.39, 0.29) is 36.2 Å². The average Bonchev–Trinajstić information content (AvgIpc) is 3.16. The summed E-state index contributed by atoms with van der Waals surface area (Å²) in [4.78, 5) is 43.9. The number of nitrogens with zero attached hydrogens (tertiary/aromatic N) is 4. The van der Waals surface area contributed by atoms with Crippen molar-refractivity contribution in [2.24, 2.45) is 11.8 Å². The zero-order chi connectivity index (χ0) is 37.5. The van der Waals surface area contributed by atoms with Crippen LogP contribution in [0.4, 0.5) is 5.69 Å². The Morgan fingerprint density at radius 1 is 1.10 bits per heavy atom. The molecule has 52 heavy (non-hydrogen) atoms. The van der Waals surface area contributed by atoms with E-state index in [1.807, 2.05) is 30.5 Å². The van der Waals surface area contributed by atoms with Crippen molar-refractivity contribution in [3.8, 4) is 0 Å². The Hall–Kier alpha value is -4.95. The monoisotopic (exact) mass is 714 g/mol. The fraction of sp³-hybridized carbons (Fsp3) is 0.410. The normalized spacial score (nSPS) is 23.2. The Bertz CT molecular complexity index is 1870. The summed E-state index contributed by atoms with van der Waals surface area (Å²) in [6.07, 6.45) is 5.76. The molecule has 0 aliphatic carbocycles. The van der Waals surface area contributed by atoms with E-state index in [9.17, 15) is 29.9 Å². The van der Waals surface area contributed by atoms with Crippen molar-refractivity contribution in [3.05, 3.63) is 117 Å². The first-order valence-electron chi connectivity index (χ1n) is 17.2. The molecule has 0 spiro atoms. The van der Waals surface area contributed by atoms with Gasteiger partial charge in [0.05, 0.1) is 53.9 Å². The summed E-state index contributed by atoms with van der Waals surface area (Å²) in [5, 5.41) is 33.3. The van der Waals surface area contributed by atoms with Crippen molar-refractivity contribution in [1.82, 2.24) is 14.8 Å². The first-order chi connectivity index (χ1) is 25.0. The van der Waals surface area contributed by atoms with Crippen LogP contribution < -0.4 is 0 Å². The molecule has 0 unspecified atom stereocenters. The fourth-order valence-electron chi connectivity index (χ4n) is 7.69. The molecule has 2 bridgehead atoms. The number of benzene rings is 2. The number of carboxylic acids is 1. The summed E-state index contributed by atoms with van der Waals surface area (Å²) < 4.78 is 15.4. The van der Waals surface area contributed by atoms with Crippen molar-refractivity contribution < 1.29 is 38.9 Å². The number of aliphatic hydroxyl groups is 1. The third kappa shape index (κ3) is 7.92.